The van der Waals surface area contributed by atoms with Gasteiger partial charge in [0.05, 0.1) is 12.2 Å². The molecule has 2 aromatic carbocycles. The number of hydrogen-bond donors (Lipinski definition) is 1. The third kappa shape index (κ3) is 3.43. The molecule has 7 nitrogen and oxygen atoms in total. The Morgan fingerprint density at radius 2 is 1.96 bits per heavy atom. The number of carbonyl (C=O) groups is 3. The van der Waals surface area contributed by atoms with Crippen LogP contribution in [0.3, 0.4) is 0 Å². The van der Waals surface area contributed by atoms with Gasteiger partial charge < -0.3 is 20.3 Å². The van der Waals surface area contributed by atoms with Gasteiger partial charge in [0.1, 0.15) is 5.75 Å². The summed E-state index contributed by atoms with van der Waals surface area (Å²) in [6, 6.07) is 14.3. The van der Waals surface area contributed by atoms with Gasteiger partial charge in [-0.3, -0.25) is 14.4 Å². The molecule has 0 aromatic heterocycles. The standard InChI is InChI=1S/C21H21N3O4/c22-20(26)18-13-24(16-7-1-2-8-17(16)28-18)21(27)15-6-3-5-14(11-15)12-23-10-4-9-19(23)25/h1-3,5-8,11,18H,4,9-10,12-13H2,(H2,22,26). The van der Waals surface area contributed by atoms with Crippen LogP contribution in [0.1, 0.15) is 28.8 Å². The summed E-state index contributed by atoms with van der Waals surface area (Å²) in [5.41, 5.74) is 7.40. The topological polar surface area (TPSA) is 92.9 Å². The Kier molecular flexibility index (Phi) is 4.73. The number of fused-ring (bicyclic) bond motifs is 1. The minimum Gasteiger partial charge on any atom is -0.477 e. The molecule has 2 N–H and O–H groups in total. The highest BCUT2D eigenvalue weighted by Crippen LogP contribution is 2.34. The highest BCUT2D eigenvalue weighted by atomic mass is 16.5. The summed E-state index contributed by atoms with van der Waals surface area (Å²) in [6.07, 6.45) is 0.554. The van der Waals surface area contributed by atoms with Crippen molar-refractivity contribution < 1.29 is 19.1 Å². The maximum Gasteiger partial charge on any atom is 0.260 e. The van der Waals surface area contributed by atoms with Crippen LogP contribution in [0.4, 0.5) is 5.69 Å². The minimum absolute atomic E-state index is 0.0556. The van der Waals surface area contributed by atoms with E-state index >= 15 is 0 Å². The Morgan fingerprint density at radius 3 is 2.71 bits per heavy atom. The highest BCUT2D eigenvalue weighted by molar-refractivity contribution is 6.08. The van der Waals surface area contributed by atoms with Crippen LogP contribution in [0.25, 0.3) is 0 Å². The Hall–Kier alpha value is -3.35. The number of amides is 3. The molecule has 2 aromatic rings. The molecule has 2 heterocycles. The van der Waals surface area contributed by atoms with Crippen molar-refractivity contribution in [2.45, 2.75) is 25.5 Å². The van der Waals surface area contributed by atoms with Gasteiger partial charge in [-0.15, -0.1) is 0 Å². The number of ether oxygens (including phenoxy) is 1. The van der Waals surface area contributed by atoms with E-state index in [1.165, 1.54) is 4.90 Å². The number of hydrogen-bond acceptors (Lipinski definition) is 4. The lowest BCUT2D eigenvalue weighted by atomic mass is 10.1. The molecule has 0 spiro atoms. The summed E-state index contributed by atoms with van der Waals surface area (Å²) in [5.74, 6) is -0.266. The molecule has 0 bridgehead atoms. The van der Waals surface area contributed by atoms with Gasteiger partial charge in [-0.1, -0.05) is 24.3 Å². The molecule has 3 amide bonds. The number of para-hydroxylation sites is 2. The van der Waals surface area contributed by atoms with Gasteiger partial charge in [0.15, 0.2) is 6.10 Å². The van der Waals surface area contributed by atoms with E-state index in [1.807, 2.05) is 12.1 Å². The lowest BCUT2D eigenvalue weighted by Crippen LogP contribution is -2.49. The molecule has 7 heteroatoms. The normalized spacial score (nSPS) is 18.6. The number of primary amides is 1. The van der Waals surface area contributed by atoms with E-state index in [1.54, 1.807) is 41.3 Å². The SMILES string of the molecule is NC(=O)C1CN(C(=O)c2cccc(CN3CCCC3=O)c2)c2ccccc2O1. The van der Waals surface area contributed by atoms with E-state index in [2.05, 4.69) is 0 Å². The molecular weight excluding hydrogens is 358 g/mol. The van der Waals surface area contributed by atoms with Crippen LogP contribution in [0.2, 0.25) is 0 Å². The van der Waals surface area contributed by atoms with Crippen LogP contribution in [-0.2, 0) is 16.1 Å². The molecule has 4 rings (SSSR count). The van der Waals surface area contributed by atoms with E-state index in [9.17, 15) is 14.4 Å². The fraction of sp³-hybridized carbons (Fsp3) is 0.286. The number of carbonyl (C=O) groups excluding carboxylic acids is 3. The molecular formula is C21H21N3O4. The number of nitrogens with zero attached hydrogens (tertiary/aromatic N) is 2. The first-order valence-corrected chi connectivity index (χ1v) is 9.26. The number of benzene rings is 2. The number of likely N-dealkylation sites (tertiary alicyclic amines) is 1. The van der Waals surface area contributed by atoms with E-state index in [0.29, 0.717) is 30.0 Å². The van der Waals surface area contributed by atoms with Gasteiger partial charge in [-0.05, 0) is 36.2 Å². The molecule has 0 radical (unpaired) electrons. The van der Waals surface area contributed by atoms with Gasteiger partial charge in [-0.25, -0.2) is 0 Å². The first kappa shape index (κ1) is 18.0. The fourth-order valence-corrected chi connectivity index (χ4v) is 3.62. The second kappa shape index (κ2) is 7.34. The van der Waals surface area contributed by atoms with Gasteiger partial charge in [0.2, 0.25) is 5.91 Å². The van der Waals surface area contributed by atoms with Crippen LogP contribution in [0.15, 0.2) is 48.5 Å². The van der Waals surface area contributed by atoms with E-state index < -0.39 is 12.0 Å². The summed E-state index contributed by atoms with van der Waals surface area (Å²) in [5, 5.41) is 0. The molecule has 1 saturated heterocycles. The van der Waals surface area contributed by atoms with Crippen molar-refractivity contribution in [3.8, 4) is 5.75 Å². The maximum absolute atomic E-state index is 13.2. The zero-order valence-corrected chi connectivity index (χ0v) is 15.3. The summed E-state index contributed by atoms with van der Waals surface area (Å²) in [7, 11) is 0. The average molecular weight is 379 g/mol. The van der Waals surface area contributed by atoms with Crippen molar-refractivity contribution in [3.63, 3.8) is 0 Å². The third-order valence-corrected chi connectivity index (χ3v) is 5.05. The molecule has 144 valence electrons. The molecule has 1 atom stereocenters. The van der Waals surface area contributed by atoms with Crippen LogP contribution < -0.4 is 15.4 Å². The van der Waals surface area contributed by atoms with Crippen LogP contribution >= 0.6 is 0 Å². The van der Waals surface area contributed by atoms with E-state index in [0.717, 1.165) is 18.5 Å². The minimum atomic E-state index is -0.899. The quantitative estimate of drug-likeness (QED) is 0.875. The first-order chi connectivity index (χ1) is 13.5. The molecule has 0 aliphatic carbocycles. The summed E-state index contributed by atoms with van der Waals surface area (Å²) < 4.78 is 5.62. The number of anilines is 1. The van der Waals surface area contributed by atoms with E-state index in [-0.39, 0.29) is 18.4 Å². The summed E-state index contributed by atoms with van der Waals surface area (Å²) in [6.45, 7) is 1.29. The zero-order chi connectivity index (χ0) is 19.7. The molecule has 1 unspecified atom stereocenters. The van der Waals surface area contributed by atoms with Gasteiger partial charge in [0, 0.05) is 25.1 Å². The second-order valence-corrected chi connectivity index (χ2v) is 7.01. The van der Waals surface area contributed by atoms with Gasteiger partial charge in [0.25, 0.3) is 11.8 Å². The van der Waals surface area contributed by atoms with Crippen molar-refractivity contribution >= 4 is 23.4 Å². The average Bonchev–Trinajstić information content (AvgIpc) is 3.11. The van der Waals surface area contributed by atoms with Crippen molar-refractivity contribution in [1.29, 1.82) is 0 Å². The first-order valence-electron chi connectivity index (χ1n) is 9.26. The number of nitrogens with two attached hydrogens (primary N) is 1. The molecule has 2 aliphatic heterocycles. The fourth-order valence-electron chi connectivity index (χ4n) is 3.62. The summed E-state index contributed by atoms with van der Waals surface area (Å²) >= 11 is 0. The number of rotatable bonds is 4. The van der Waals surface area contributed by atoms with Crippen molar-refractivity contribution in [2.24, 2.45) is 5.73 Å². The van der Waals surface area contributed by atoms with Crippen molar-refractivity contribution in [2.75, 3.05) is 18.0 Å². The monoisotopic (exact) mass is 379 g/mol. The molecule has 1 fully saturated rings. The molecule has 28 heavy (non-hydrogen) atoms. The Bertz CT molecular complexity index is 943. The predicted molar refractivity (Wildman–Crippen MR) is 103 cm³/mol. The van der Waals surface area contributed by atoms with Crippen LogP contribution in [-0.4, -0.2) is 41.8 Å². The van der Waals surface area contributed by atoms with Gasteiger partial charge >= 0.3 is 0 Å². The molecule has 0 saturated carbocycles. The molecule has 2 aliphatic rings. The lowest BCUT2D eigenvalue weighted by molar-refractivity contribution is -0.128. The third-order valence-electron chi connectivity index (χ3n) is 5.05. The van der Waals surface area contributed by atoms with Crippen LogP contribution in [0, 0.1) is 0 Å². The van der Waals surface area contributed by atoms with Crippen molar-refractivity contribution in [1.82, 2.24) is 4.90 Å². The maximum atomic E-state index is 13.2. The van der Waals surface area contributed by atoms with Gasteiger partial charge in [-0.2, -0.15) is 0 Å². The Labute approximate surface area is 162 Å². The van der Waals surface area contributed by atoms with Crippen LogP contribution in [0.5, 0.6) is 5.75 Å². The second-order valence-electron chi connectivity index (χ2n) is 7.01. The zero-order valence-electron chi connectivity index (χ0n) is 15.3. The summed E-state index contributed by atoms with van der Waals surface area (Å²) in [4.78, 5) is 40.1. The highest BCUT2D eigenvalue weighted by Gasteiger charge is 2.33. The Balaban J connectivity index is 1.61. The predicted octanol–water partition coefficient (Wildman–Crippen LogP) is 1.70. The largest absolute Gasteiger partial charge is 0.477 e. The smallest absolute Gasteiger partial charge is 0.260 e. The lowest BCUT2D eigenvalue weighted by Gasteiger charge is -2.33. The van der Waals surface area contributed by atoms with E-state index in [4.69, 9.17) is 10.5 Å². The Morgan fingerprint density at radius 1 is 1.14 bits per heavy atom. The van der Waals surface area contributed by atoms with Crippen molar-refractivity contribution in [3.05, 3.63) is 59.7 Å².